The molecule has 0 radical (unpaired) electrons. The van der Waals surface area contributed by atoms with Gasteiger partial charge in [0, 0.05) is 61.4 Å². The second-order valence-corrected chi connectivity index (χ2v) is 8.67. The maximum atomic E-state index is 13.7. The molecule has 0 bridgehead atoms. The van der Waals surface area contributed by atoms with Gasteiger partial charge in [0.1, 0.15) is 5.82 Å². The van der Waals surface area contributed by atoms with Gasteiger partial charge in [-0.15, -0.1) is 0 Å². The molecule has 8 heteroatoms. The first kappa shape index (κ1) is 24.3. The number of hydrogen-bond acceptors (Lipinski definition) is 4. The molecule has 1 saturated heterocycles. The number of piperidine rings is 1. The van der Waals surface area contributed by atoms with Crippen LogP contribution in [0.15, 0.2) is 73.1 Å². The Hall–Kier alpha value is -3.78. The number of carbonyl (C=O) groups is 2. The van der Waals surface area contributed by atoms with Gasteiger partial charge in [-0.3, -0.25) is 9.78 Å². The summed E-state index contributed by atoms with van der Waals surface area (Å²) in [5, 5.41) is 8.58. The number of aromatic nitrogens is 1. The zero-order valence-corrected chi connectivity index (χ0v) is 19.5. The van der Waals surface area contributed by atoms with Crippen molar-refractivity contribution in [1.82, 2.24) is 20.5 Å². The molecule has 3 N–H and O–H groups in total. The van der Waals surface area contributed by atoms with Crippen LogP contribution in [0.1, 0.15) is 34.3 Å². The van der Waals surface area contributed by atoms with Crippen molar-refractivity contribution < 1.29 is 14.0 Å². The molecule has 3 aromatic rings. The number of nitrogens with one attached hydrogen (secondary N) is 3. The zero-order chi connectivity index (χ0) is 24.5. The van der Waals surface area contributed by atoms with E-state index in [2.05, 4.69) is 25.8 Å². The molecule has 0 aliphatic carbocycles. The molecule has 1 aromatic heterocycles. The first-order valence-electron chi connectivity index (χ1n) is 11.9. The van der Waals surface area contributed by atoms with Gasteiger partial charge in [0.05, 0.1) is 0 Å². The van der Waals surface area contributed by atoms with Crippen LogP contribution in [-0.2, 0) is 13.0 Å². The minimum Gasteiger partial charge on any atom is -0.348 e. The number of carbonyl (C=O) groups excluding carboxylic acids is 2. The Morgan fingerprint density at radius 2 is 1.69 bits per heavy atom. The normalized spacial score (nSPS) is 14.3. The van der Waals surface area contributed by atoms with Crippen LogP contribution in [0.2, 0.25) is 0 Å². The second kappa shape index (κ2) is 12.1. The molecular weight excluding hydrogens is 445 g/mol. The highest BCUT2D eigenvalue weighted by atomic mass is 19.1. The third kappa shape index (κ3) is 7.35. The lowest BCUT2D eigenvalue weighted by atomic mass is 10.0. The summed E-state index contributed by atoms with van der Waals surface area (Å²) in [7, 11) is 0. The Balaban J connectivity index is 1.17. The smallest absolute Gasteiger partial charge is 0.319 e. The highest BCUT2D eigenvalue weighted by Gasteiger charge is 2.20. The van der Waals surface area contributed by atoms with Gasteiger partial charge in [0.2, 0.25) is 0 Å². The van der Waals surface area contributed by atoms with Gasteiger partial charge in [-0.1, -0.05) is 18.2 Å². The molecule has 4 rings (SSSR count). The van der Waals surface area contributed by atoms with Crippen molar-refractivity contribution in [3.8, 4) is 0 Å². The Morgan fingerprint density at radius 3 is 2.40 bits per heavy atom. The van der Waals surface area contributed by atoms with E-state index in [1.807, 2.05) is 24.5 Å². The molecule has 0 saturated carbocycles. The predicted octanol–water partition coefficient (Wildman–Crippen LogP) is 3.98. The molecule has 1 fully saturated rings. The topological polar surface area (TPSA) is 86.4 Å². The monoisotopic (exact) mass is 475 g/mol. The summed E-state index contributed by atoms with van der Waals surface area (Å²) in [4.78, 5) is 31.2. The SMILES string of the molecule is O=C(Nc1ccc(C(=O)NCc2ccccc2F)cc1)NC1CCN(CCc2ccncc2)CC1. The van der Waals surface area contributed by atoms with Crippen molar-refractivity contribution in [2.75, 3.05) is 25.0 Å². The fourth-order valence-corrected chi connectivity index (χ4v) is 4.11. The molecule has 2 heterocycles. The number of halogens is 1. The summed E-state index contributed by atoms with van der Waals surface area (Å²) in [6.45, 7) is 3.01. The third-order valence-electron chi connectivity index (χ3n) is 6.19. The number of rotatable bonds is 8. The second-order valence-electron chi connectivity index (χ2n) is 8.67. The first-order valence-corrected chi connectivity index (χ1v) is 11.9. The van der Waals surface area contributed by atoms with Gasteiger partial charge in [-0.05, 0) is 67.3 Å². The summed E-state index contributed by atoms with van der Waals surface area (Å²) in [6, 6.07) is 16.9. The summed E-state index contributed by atoms with van der Waals surface area (Å²) in [5.74, 6) is -0.658. The van der Waals surface area contributed by atoms with E-state index in [4.69, 9.17) is 0 Å². The average molecular weight is 476 g/mol. The fraction of sp³-hybridized carbons (Fsp3) is 0.296. The van der Waals surface area contributed by atoms with Crippen LogP contribution < -0.4 is 16.0 Å². The van der Waals surface area contributed by atoms with E-state index in [1.54, 1.807) is 42.5 Å². The zero-order valence-electron chi connectivity index (χ0n) is 19.5. The summed E-state index contributed by atoms with van der Waals surface area (Å²) in [6.07, 6.45) is 6.45. The van der Waals surface area contributed by atoms with E-state index in [0.29, 0.717) is 16.8 Å². The van der Waals surface area contributed by atoms with Crippen molar-refractivity contribution in [3.63, 3.8) is 0 Å². The Bertz CT molecular complexity index is 1120. The molecule has 0 unspecified atom stereocenters. The first-order chi connectivity index (χ1) is 17.1. The number of likely N-dealkylation sites (tertiary alicyclic amines) is 1. The highest BCUT2D eigenvalue weighted by Crippen LogP contribution is 2.14. The largest absolute Gasteiger partial charge is 0.348 e. The standard InChI is InChI=1S/C27H30FN5O2/c28-25-4-2-1-3-22(25)19-30-26(34)21-5-7-23(8-6-21)31-27(35)32-24-12-17-33(18-13-24)16-11-20-9-14-29-15-10-20/h1-10,14-15,24H,11-13,16-19H2,(H,30,34)(H2,31,32,35). The van der Waals surface area contributed by atoms with Crippen LogP contribution in [0.5, 0.6) is 0 Å². The number of nitrogens with zero attached hydrogens (tertiary/aromatic N) is 2. The molecule has 7 nitrogen and oxygen atoms in total. The van der Waals surface area contributed by atoms with E-state index >= 15 is 0 Å². The summed E-state index contributed by atoms with van der Waals surface area (Å²) >= 11 is 0. The molecule has 1 aliphatic heterocycles. The number of benzene rings is 2. The maximum Gasteiger partial charge on any atom is 0.319 e. The van der Waals surface area contributed by atoms with E-state index in [0.717, 1.165) is 38.9 Å². The quantitative estimate of drug-likeness (QED) is 0.460. The number of urea groups is 1. The van der Waals surface area contributed by atoms with Gasteiger partial charge in [0.25, 0.3) is 5.91 Å². The van der Waals surface area contributed by atoms with Gasteiger partial charge < -0.3 is 20.9 Å². The van der Waals surface area contributed by atoms with Gasteiger partial charge in [-0.2, -0.15) is 0 Å². The minimum absolute atomic E-state index is 0.108. The molecule has 182 valence electrons. The van der Waals surface area contributed by atoms with Gasteiger partial charge in [0.15, 0.2) is 0 Å². The van der Waals surface area contributed by atoms with E-state index in [-0.39, 0.29) is 30.3 Å². The average Bonchev–Trinajstić information content (AvgIpc) is 2.88. The van der Waals surface area contributed by atoms with Gasteiger partial charge in [-0.25, -0.2) is 9.18 Å². The van der Waals surface area contributed by atoms with E-state index < -0.39 is 0 Å². The Labute approximate surface area is 204 Å². The predicted molar refractivity (Wildman–Crippen MR) is 134 cm³/mol. The van der Waals surface area contributed by atoms with E-state index in [9.17, 15) is 14.0 Å². The number of anilines is 1. The van der Waals surface area contributed by atoms with Crippen LogP contribution in [0.3, 0.4) is 0 Å². The Kier molecular flexibility index (Phi) is 8.40. The molecule has 0 spiro atoms. The summed E-state index contributed by atoms with van der Waals surface area (Å²) in [5.41, 5.74) is 2.75. The molecule has 1 aliphatic rings. The lowest BCUT2D eigenvalue weighted by Gasteiger charge is -2.32. The van der Waals surface area contributed by atoms with Crippen LogP contribution in [-0.4, -0.2) is 47.5 Å². The highest BCUT2D eigenvalue weighted by molar-refractivity contribution is 5.95. The van der Waals surface area contributed by atoms with Crippen LogP contribution in [0.4, 0.5) is 14.9 Å². The minimum atomic E-state index is -0.353. The molecule has 0 atom stereocenters. The van der Waals surface area contributed by atoms with E-state index in [1.165, 1.54) is 11.6 Å². The maximum absolute atomic E-state index is 13.7. The van der Waals surface area contributed by atoms with Crippen LogP contribution in [0, 0.1) is 5.82 Å². The molecule has 2 aromatic carbocycles. The number of pyridine rings is 1. The van der Waals surface area contributed by atoms with Crippen molar-refractivity contribution in [3.05, 3.63) is 95.6 Å². The lowest BCUT2D eigenvalue weighted by Crippen LogP contribution is -2.46. The van der Waals surface area contributed by atoms with Crippen molar-refractivity contribution in [1.29, 1.82) is 0 Å². The van der Waals surface area contributed by atoms with Crippen LogP contribution >= 0.6 is 0 Å². The molecule has 35 heavy (non-hydrogen) atoms. The lowest BCUT2D eigenvalue weighted by molar-refractivity contribution is 0.0950. The van der Waals surface area contributed by atoms with Gasteiger partial charge >= 0.3 is 6.03 Å². The van der Waals surface area contributed by atoms with Crippen molar-refractivity contribution in [2.24, 2.45) is 0 Å². The van der Waals surface area contributed by atoms with Crippen molar-refractivity contribution >= 4 is 17.6 Å². The number of amides is 3. The molecular formula is C27H30FN5O2. The third-order valence-corrected chi connectivity index (χ3v) is 6.19. The number of hydrogen-bond donors (Lipinski definition) is 3. The van der Waals surface area contributed by atoms with Crippen LogP contribution in [0.25, 0.3) is 0 Å². The fourth-order valence-electron chi connectivity index (χ4n) is 4.11. The summed E-state index contributed by atoms with van der Waals surface area (Å²) < 4.78 is 13.7. The Morgan fingerprint density at radius 1 is 0.971 bits per heavy atom. The van der Waals surface area contributed by atoms with Crippen molar-refractivity contribution in [2.45, 2.75) is 31.8 Å². The molecule has 3 amide bonds.